The van der Waals surface area contributed by atoms with Crippen molar-refractivity contribution in [2.24, 2.45) is 11.3 Å². The van der Waals surface area contributed by atoms with Crippen LogP contribution in [0.25, 0.3) is 0 Å². The van der Waals surface area contributed by atoms with Gasteiger partial charge in [-0.25, -0.2) is 13.2 Å². The van der Waals surface area contributed by atoms with E-state index < -0.39 is 46.0 Å². The van der Waals surface area contributed by atoms with Crippen LogP contribution in [0.2, 0.25) is 0 Å². The van der Waals surface area contributed by atoms with E-state index in [1.807, 2.05) is 44.2 Å². The molecule has 2 fully saturated rings. The highest BCUT2D eigenvalue weighted by Gasteiger charge is 2.49. The summed E-state index contributed by atoms with van der Waals surface area (Å²) in [6.45, 7) is 4.05. The molecular weight excluding hydrogens is 602 g/mol. The largest absolute Gasteiger partial charge is 0.465 e. The number of amides is 1. The van der Waals surface area contributed by atoms with Crippen LogP contribution in [0.5, 0.6) is 11.5 Å². The predicted molar refractivity (Wildman–Crippen MR) is 162 cm³/mol. The number of aliphatic hydroxyl groups excluding tert-OH is 1. The van der Waals surface area contributed by atoms with Crippen molar-refractivity contribution >= 4 is 16.1 Å². The van der Waals surface area contributed by atoms with Gasteiger partial charge in [0.05, 0.1) is 42.4 Å². The number of unbranched alkanes of at least 4 members (excludes halogenated alkanes) is 1. The van der Waals surface area contributed by atoms with Gasteiger partial charge >= 0.3 is 6.09 Å². The van der Waals surface area contributed by atoms with Crippen LogP contribution in [0.3, 0.4) is 0 Å². The minimum absolute atomic E-state index is 0.0167. The number of hydrogen-bond donors (Lipinski definition) is 2. The molecule has 5 rings (SSSR count). The zero-order valence-corrected chi connectivity index (χ0v) is 26.4. The maximum absolute atomic E-state index is 14.3. The second kappa shape index (κ2) is 13.9. The summed E-state index contributed by atoms with van der Waals surface area (Å²) in [5, 5.41) is 31.6. The average molecular weight is 644 g/mol. The lowest BCUT2D eigenvalue weighted by atomic mass is 9.87. The van der Waals surface area contributed by atoms with Crippen molar-refractivity contribution in [3.05, 3.63) is 54.1 Å². The smallest absolute Gasteiger partial charge is 0.407 e. The van der Waals surface area contributed by atoms with Crippen LogP contribution in [0.15, 0.2) is 53.4 Å². The molecule has 2 aromatic rings. The number of fused-ring (bicyclic) bond motifs is 2. The van der Waals surface area contributed by atoms with Crippen molar-refractivity contribution in [3.8, 4) is 17.6 Å². The van der Waals surface area contributed by atoms with Gasteiger partial charge < -0.3 is 29.2 Å². The third-order valence-electron chi connectivity index (χ3n) is 8.79. The van der Waals surface area contributed by atoms with Crippen LogP contribution in [-0.4, -0.2) is 91.5 Å². The van der Waals surface area contributed by atoms with E-state index in [1.54, 1.807) is 0 Å². The number of hydrogen-bond acceptors (Lipinski definition) is 9. The van der Waals surface area contributed by atoms with Gasteiger partial charge in [-0.3, -0.25) is 4.90 Å². The molecule has 3 heterocycles. The first-order chi connectivity index (χ1) is 21.5. The van der Waals surface area contributed by atoms with Crippen molar-refractivity contribution in [1.82, 2.24) is 9.21 Å². The van der Waals surface area contributed by atoms with Gasteiger partial charge in [-0.05, 0) is 48.8 Å². The quantitative estimate of drug-likeness (QED) is 0.290. The Bertz CT molecular complexity index is 1480. The molecule has 0 spiro atoms. The van der Waals surface area contributed by atoms with Crippen molar-refractivity contribution in [2.75, 3.05) is 33.1 Å². The number of benzene rings is 2. The fourth-order valence-electron chi connectivity index (χ4n) is 6.50. The summed E-state index contributed by atoms with van der Waals surface area (Å²) in [5.74, 6) is 0.544. The van der Waals surface area contributed by atoms with Gasteiger partial charge in [0, 0.05) is 31.5 Å². The van der Waals surface area contributed by atoms with E-state index in [2.05, 4.69) is 6.07 Å². The molecule has 244 valence electrons. The molecule has 1 amide bonds. The van der Waals surface area contributed by atoms with E-state index in [1.165, 1.54) is 27.4 Å². The molecule has 2 aromatic carbocycles. The van der Waals surface area contributed by atoms with E-state index in [9.17, 15) is 23.4 Å². The molecule has 2 N–H and O–H groups in total. The molecule has 13 heteroatoms. The Labute approximate surface area is 264 Å². The molecule has 5 atom stereocenters. The SMILES string of the molecule is CC(C)(CCCC#N)CN(C[C@@H](O)[C@H](Cc1ccccc1)N(C(=O)O)[C@H]1CO[C@H]2OCC[C@H]21)S(=O)(=O)c1ccc2c(c1)OCO2. The van der Waals surface area contributed by atoms with E-state index in [4.69, 9.17) is 24.2 Å². The van der Waals surface area contributed by atoms with Crippen LogP contribution in [0, 0.1) is 22.7 Å². The molecule has 0 bridgehead atoms. The van der Waals surface area contributed by atoms with Crippen molar-refractivity contribution < 1.29 is 42.4 Å². The number of rotatable bonds is 14. The molecule has 2 saturated heterocycles. The predicted octanol–water partition coefficient (Wildman–Crippen LogP) is 3.84. The van der Waals surface area contributed by atoms with Crippen molar-refractivity contribution in [2.45, 2.75) is 75.3 Å². The topological polar surface area (TPSA) is 159 Å². The first-order valence-electron chi connectivity index (χ1n) is 15.2. The standard InChI is InChI=1S/C32H41N3O9S/c1-32(2,13-6-7-14-33)20-34(45(39,40)23-10-11-28-29(17-23)44-21-43-28)18-27(36)25(16-22-8-4-3-5-9-22)35(31(37)38)26-19-42-30-24(26)12-15-41-30/h3-5,8-11,17,24-27,30,36H,6-7,12-13,15-16,18-21H2,1-2H3,(H,37,38)/t24-,25-,26-,27+,30+/m0/s1. The number of ether oxygens (including phenoxy) is 4. The maximum Gasteiger partial charge on any atom is 0.407 e. The summed E-state index contributed by atoms with van der Waals surface area (Å²) >= 11 is 0. The van der Waals surface area contributed by atoms with E-state index >= 15 is 0 Å². The van der Waals surface area contributed by atoms with Crippen LogP contribution < -0.4 is 9.47 Å². The number of sulfonamides is 1. The Balaban J connectivity index is 1.49. The molecule has 3 aliphatic rings. The van der Waals surface area contributed by atoms with Crippen LogP contribution in [0.4, 0.5) is 4.79 Å². The minimum Gasteiger partial charge on any atom is -0.465 e. The molecular formula is C32H41N3O9S. The van der Waals surface area contributed by atoms with Gasteiger partial charge in [0.1, 0.15) is 0 Å². The summed E-state index contributed by atoms with van der Waals surface area (Å²) in [6.07, 6.45) is -0.867. The minimum atomic E-state index is -4.20. The lowest BCUT2D eigenvalue weighted by Crippen LogP contribution is -2.58. The highest BCUT2D eigenvalue weighted by atomic mass is 32.2. The summed E-state index contributed by atoms with van der Waals surface area (Å²) < 4.78 is 52.0. The molecule has 0 aliphatic carbocycles. The van der Waals surface area contributed by atoms with Crippen LogP contribution in [-0.2, 0) is 25.9 Å². The lowest BCUT2D eigenvalue weighted by Gasteiger charge is -2.40. The van der Waals surface area contributed by atoms with Gasteiger partial charge in [0.15, 0.2) is 17.8 Å². The summed E-state index contributed by atoms with van der Waals surface area (Å²) in [7, 11) is -4.20. The average Bonchev–Trinajstić information content (AvgIpc) is 3.75. The number of aliphatic hydroxyl groups is 1. The maximum atomic E-state index is 14.3. The molecule has 0 aromatic heterocycles. The number of nitrogens with zero attached hydrogens (tertiary/aromatic N) is 3. The number of carboxylic acid groups (broad SMARTS) is 1. The van der Waals surface area contributed by atoms with Crippen LogP contribution >= 0.6 is 0 Å². The molecule has 0 saturated carbocycles. The van der Waals surface area contributed by atoms with Gasteiger partial charge in [-0.2, -0.15) is 9.57 Å². The highest BCUT2D eigenvalue weighted by Crippen LogP contribution is 2.38. The molecule has 12 nitrogen and oxygen atoms in total. The Hall–Kier alpha value is -3.41. The number of nitriles is 1. The second-order valence-electron chi connectivity index (χ2n) is 12.6. The van der Waals surface area contributed by atoms with Crippen LogP contribution in [0.1, 0.15) is 45.1 Å². The second-order valence-corrected chi connectivity index (χ2v) is 14.5. The summed E-state index contributed by atoms with van der Waals surface area (Å²) in [6, 6.07) is 14.2. The Morgan fingerprint density at radius 1 is 1.13 bits per heavy atom. The van der Waals surface area contributed by atoms with E-state index in [0.717, 1.165) is 5.56 Å². The third-order valence-corrected chi connectivity index (χ3v) is 10.6. The Morgan fingerprint density at radius 3 is 2.62 bits per heavy atom. The molecule has 45 heavy (non-hydrogen) atoms. The zero-order chi connectivity index (χ0) is 32.2. The van der Waals surface area contributed by atoms with Crippen molar-refractivity contribution in [3.63, 3.8) is 0 Å². The summed E-state index contributed by atoms with van der Waals surface area (Å²) in [4.78, 5) is 14.2. The zero-order valence-electron chi connectivity index (χ0n) is 25.6. The Kier molecular flexibility index (Phi) is 10.2. The summed E-state index contributed by atoms with van der Waals surface area (Å²) in [5.41, 5.74) is 0.239. The lowest BCUT2D eigenvalue weighted by molar-refractivity contribution is -0.0906. The first kappa shape index (κ1) is 33.0. The molecule has 0 radical (unpaired) electrons. The van der Waals surface area contributed by atoms with Gasteiger partial charge in [-0.1, -0.05) is 44.2 Å². The van der Waals surface area contributed by atoms with Gasteiger partial charge in [0.25, 0.3) is 0 Å². The monoisotopic (exact) mass is 643 g/mol. The highest BCUT2D eigenvalue weighted by molar-refractivity contribution is 7.89. The molecule has 0 unspecified atom stereocenters. The van der Waals surface area contributed by atoms with E-state index in [0.29, 0.717) is 43.8 Å². The van der Waals surface area contributed by atoms with Gasteiger partial charge in [0.2, 0.25) is 16.8 Å². The third kappa shape index (κ3) is 7.53. The number of carbonyl (C=O) groups is 1. The fourth-order valence-corrected chi connectivity index (χ4v) is 8.16. The Morgan fingerprint density at radius 2 is 1.89 bits per heavy atom. The van der Waals surface area contributed by atoms with Gasteiger partial charge in [-0.15, -0.1) is 0 Å². The molecule has 3 aliphatic heterocycles. The van der Waals surface area contributed by atoms with E-state index in [-0.39, 0.29) is 43.7 Å². The van der Waals surface area contributed by atoms with Crippen molar-refractivity contribution in [1.29, 1.82) is 5.26 Å². The fraction of sp³-hybridized carbons (Fsp3) is 0.562. The normalized spacial score (nSPS) is 22.2. The first-order valence-corrected chi connectivity index (χ1v) is 16.7.